The lowest BCUT2D eigenvalue weighted by atomic mass is 10.0. The molecule has 0 radical (unpaired) electrons. The van der Waals surface area contributed by atoms with E-state index in [-0.39, 0.29) is 0 Å². The summed E-state index contributed by atoms with van der Waals surface area (Å²) in [5.41, 5.74) is 3.15. The molecule has 88 valence electrons. The molecule has 1 aromatic rings. The second-order valence-corrected chi connectivity index (χ2v) is 4.17. The molecule has 0 aliphatic carbocycles. The molecule has 3 nitrogen and oxygen atoms in total. The van der Waals surface area contributed by atoms with Crippen molar-refractivity contribution in [2.24, 2.45) is 7.05 Å². The molecule has 0 amide bonds. The Kier molecular flexibility index (Phi) is 4.47. The summed E-state index contributed by atoms with van der Waals surface area (Å²) in [5, 5.41) is 4.31. The highest BCUT2D eigenvalue weighted by atomic mass is 16.1. The maximum Gasteiger partial charge on any atom is 0.137 e. The van der Waals surface area contributed by atoms with E-state index in [1.807, 2.05) is 31.7 Å². The summed E-state index contributed by atoms with van der Waals surface area (Å²) < 4.78 is 1.84. The smallest absolute Gasteiger partial charge is 0.137 e. The number of carbonyl (C=O) groups is 1. The highest BCUT2D eigenvalue weighted by Gasteiger charge is 2.12. The highest BCUT2D eigenvalue weighted by molar-refractivity contribution is 5.81. The molecule has 1 aromatic heterocycles. The van der Waals surface area contributed by atoms with Crippen molar-refractivity contribution < 1.29 is 4.79 Å². The van der Waals surface area contributed by atoms with Gasteiger partial charge in [-0.15, -0.1) is 6.58 Å². The van der Waals surface area contributed by atoms with Crippen molar-refractivity contribution in [3.8, 4) is 0 Å². The van der Waals surface area contributed by atoms with Gasteiger partial charge in [-0.25, -0.2) is 0 Å². The van der Waals surface area contributed by atoms with Crippen molar-refractivity contribution in [3.63, 3.8) is 0 Å². The fourth-order valence-electron chi connectivity index (χ4n) is 1.80. The number of unbranched alkanes of at least 4 members (excludes halogenated alkanes) is 1. The van der Waals surface area contributed by atoms with Crippen LogP contribution < -0.4 is 0 Å². The van der Waals surface area contributed by atoms with Crippen LogP contribution in [-0.4, -0.2) is 15.6 Å². The van der Waals surface area contributed by atoms with E-state index < -0.39 is 0 Å². The van der Waals surface area contributed by atoms with Gasteiger partial charge in [-0.2, -0.15) is 5.10 Å². The average molecular weight is 220 g/mol. The maximum atomic E-state index is 11.7. The quantitative estimate of drug-likeness (QED) is 0.545. The van der Waals surface area contributed by atoms with Crippen LogP contribution in [0.2, 0.25) is 0 Å². The van der Waals surface area contributed by atoms with Crippen molar-refractivity contribution in [3.05, 3.63) is 29.6 Å². The van der Waals surface area contributed by atoms with E-state index in [1.165, 1.54) is 0 Å². The number of hydrogen-bond donors (Lipinski definition) is 0. The lowest BCUT2D eigenvalue weighted by molar-refractivity contribution is -0.118. The van der Waals surface area contributed by atoms with Gasteiger partial charge in [0.05, 0.1) is 5.69 Å². The summed E-state index contributed by atoms with van der Waals surface area (Å²) in [4.78, 5) is 11.7. The first-order valence-corrected chi connectivity index (χ1v) is 5.68. The predicted octanol–water partition coefficient (Wildman–Crippen LogP) is 2.50. The summed E-state index contributed by atoms with van der Waals surface area (Å²) in [6.07, 6.45) is 4.83. The molecule has 0 N–H and O–H groups in total. The number of hydrogen-bond acceptors (Lipinski definition) is 2. The van der Waals surface area contributed by atoms with Gasteiger partial charge in [0.15, 0.2) is 0 Å². The van der Waals surface area contributed by atoms with E-state index in [1.54, 1.807) is 0 Å². The first kappa shape index (κ1) is 12.7. The lowest BCUT2D eigenvalue weighted by Gasteiger charge is -2.01. The van der Waals surface area contributed by atoms with Crippen LogP contribution in [0, 0.1) is 13.8 Å². The van der Waals surface area contributed by atoms with E-state index in [0.29, 0.717) is 18.6 Å². The molecule has 3 heteroatoms. The molecule has 0 unspecified atom stereocenters. The molecule has 0 saturated carbocycles. The van der Waals surface area contributed by atoms with Crippen LogP contribution in [0.1, 0.15) is 36.2 Å². The Morgan fingerprint density at radius 2 is 2.19 bits per heavy atom. The van der Waals surface area contributed by atoms with Crippen molar-refractivity contribution in [2.45, 2.75) is 39.5 Å². The SMILES string of the molecule is C=CCCCC(=O)Cc1c(C)nn(C)c1C. The summed E-state index contributed by atoms with van der Waals surface area (Å²) in [7, 11) is 1.91. The van der Waals surface area contributed by atoms with Crippen molar-refractivity contribution in [1.29, 1.82) is 0 Å². The van der Waals surface area contributed by atoms with E-state index >= 15 is 0 Å². The standard InChI is InChI=1S/C13H20N2O/c1-5-6-7-8-12(16)9-13-10(2)14-15(4)11(13)3/h5H,1,6-9H2,2-4H3. The van der Waals surface area contributed by atoms with Crippen LogP contribution in [0.3, 0.4) is 0 Å². The fourth-order valence-corrected chi connectivity index (χ4v) is 1.80. The van der Waals surface area contributed by atoms with Crippen molar-refractivity contribution in [1.82, 2.24) is 9.78 Å². The van der Waals surface area contributed by atoms with Gasteiger partial charge in [0, 0.05) is 31.1 Å². The van der Waals surface area contributed by atoms with Crippen LogP contribution in [0.15, 0.2) is 12.7 Å². The topological polar surface area (TPSA) is 34.9 Å². The van der Waals surface area contributed by atoms with E-state index in [4.69, 9.17) is 0 Å². The molecule has 0 atom stereocenters. The minimum atomic E-state index is 0.293. The third-order valence-corrected chi connectivity index (χ3v) is 2.90. The Morgan fingerprint density at radius 3 is 2.69 bits per heavy atom. The van der Waals surface area contributed by atoms with Crippen LogP contribution in [0.25, 0.3) is 0 Å². The molecule has 1 heterocycles. The number of Topliss-reactive ketones (excluding diaryl/α,β-unsaturated/α-hetero) is 1. The molecule has 0 aromatic carbocycles. The second-order valence-electron chi connectivity index (χ2n) is 4.17. The predicted molar refractivity (Wildman–Crippen MR) is 65.4 cm³/mol. The minimum Gasteiger partial charge on any atom is -0.299 e. The zero-order valence-electron chi connectivity index (χ0n) is 10.4. The summed E-state index contributed by atoms with van der Waals surface area (Å²) in [6.45, 7) is 7.61. The zero-order chi connectivity index (χ0) is 12.1. The van der Waals surface area contributed by atoms with Gasteiger partial charge in [-0.05, 0) is 26.7 Å². The fraction of sp³-hybridized carbons (Fsp3) is 0.538. The van der Waals surface area contributed by atoms with Gasteiger partial charge < -0.3 is 0 Å². The number of nitrogens with zero attached hydrogens (tertiary/aromatic N) is 2. The molecular weight excluding hydrogens is 200 g/mol. The first-order valence-electron chi connectivity index (χ1n) is 5.68. The Bertz CT molecular complexity index is 391. The number of aryl methyl sites for hydroxylation is 2. The Labute approximate surface area is 97.2 Å². The zero-order valence-corrected chi connectivity index (χ0v) is 10.4. The molecule has 0 saturated heterocycles. The van der Waals surface area contributed by atoms with E-state index in [0.717, 1.165) is 29.8 Å². The summed E-state index contributed by atoms with van der Waals surface area (Å²) in [5.74, 6) is 0.293. The molecule has 0 bridgehead atoms. The number of rotatable bonds is 6. The van der Waals surface area contributed by atoms with Crippen LogP contribution in [0.5, 0.6) is 0 Å². The van der Waals surface area contributed by atoms with Gasteiger partial charge in [0.2, 0.25) is 0 Å². The number of ketones is 1. The summed E-state index contributed by atoms with van der Waals surface area (Å²) >= 11 is 0. The van der Waals surface area contributed by atoms with Crippen LogP contribution >= 0.6 is 0 Å². The molecule has 0 fully saturated rings. The van der Waals surface area contributed by atoms with Crippen LogP contribution in [0.4, 0.5) is 0 Å². The number of aromatic nitrogens is 2. The highest BCUT2D eigenvalue weighted by Crippen LogP contribution is 2.14. The third kappa shape index (κ3) is 3.05. The van der Waals surface area contributed by atoms with Crippen LogP contribution in [-0.2, 0) is 18.3 Å². The Balaban J connectivity index is 2.59. The molecule has 1 rings (SSSR count). The second kappa shape index (κ2) is 5.64. The molecule has 16 heavy (non-hydrogen) atoms. The minimum absolute atomic E-state index is 0.293. The molecule has 0 aliphatic rings. The van der Waals surface area contributed by atoms with Gasteiger partial charge in [-0.1, -0.05) is 6.08 Å². The normalized spacial score (nSPS) is 10.4. The average Bonchev–Trinajstić information content (AvgIpc) is 2.46. The van der Waals surface area contributed by atoms with Gasteiger partial charge in [-0.3, -0.25) is 9.48 Å². The maximum absolute atomic E-state index is 11.7. The number of allylic oxidation sites excluding steroid dienone is 1. The third-order valence-electron chi connectivity index (χ3n) is 2.90. The molecular formula is C13H20N2O. The Morgan fingerprint density at radius 1 is 1.50 bits per heavy atom. The lowest BCUT2D eigenvalue weighted by Crippen LogP contribution is -2.04. The van der Waals surface area contributed by atoms with Crippen molar-refractivity contribution in [2.75, 3.05) is 0 Å². The van der Waals surface area contributed by atoms with E-state index in [2.05, 4.69) is 11.7 Å². The number of carbonyl (C=O) groups excluding carboxylic acids is 1. The van der Waals surface area contributed by atoms with E-state index in [9.17, 15) is 4.79 Å². The van der Waals surface area contributed by atoms with Crippen molar-refractivity contribution >= 4 is 5.78 Å². The Hall–Kier alpha value is -1.38. The largest absolute Gasteiger partial charge is 0.299 e. The molecule has 0 spiro atoms. The summed E-state index contributed by atoms with van der Waals surface area (Å²) in [6, 6.07) is 0. The first-order chi connectivity index (χ1) is 7.56. The molecule has 0 aliphatic heterocycles. The van der Waals surface area contributed by atoms with Gasteiger partial charge in [0.25, 0.3) is 0 Å². The monoisotopic (exact) mass is 220 g/mol. The van der Waals surface area contributed by atoms with Gasteiger partial charge >= 0.3 is 0 Å². The van der Waals surface area contributed by atoms with Gasteiger partial charge in [0.1, 0.15) is 5.78 Å².